The van der Waals surface area contributed by atoms with E-state index >= 15 is 0 Å². The smallest absolute Gasteiger partial charge is 0.262 e. The van der Waals surface area contributed by atoms with Crippen molar-refractivity contribution >= 4 is 27.5 Å². The number of carbonyl (C=O) groups excluding carboxylic acids is 1. The second kappa shape index (κ2) is 6.57. The van der Waals surface area contributed by atoms with Gasteiger partial charge in [0.2, 0.25) is 5.95 Å². The molecule has 1 N–H and O–H groups in total. The van der Waals surface area contributed by atoms with Crippen LogP contribution in [0.1, 0.15) is 0 Å². The van der Waals surface area contributed by atoms with Gasteiger partial charge in [0.15, 0.2) is 12.4 Å². The normalized spacial score (nSPS) is 10.3. The Bertz CT molecular complexity index is 642. The Hall–Kier alpha value is -2.09. The van der Waals surface area contributed by atoms with Gasteiger partial charge < -0.3 is 10.1 Å². The third-order valence-electron chi connectivity index (χ3n) is 2.34. The molecule has 1 heterocycles. The molecule has 0 saturated heterocycles. The maximum atomic E-state index is 13.5. The number of nitrogens with zero attached hydrogens (tertiary/aromatic N) is 1. The predicted molar refractivity (Wildman–Crippen MR) is 72.4 cm³/mol. The Morgan fingerprint density at radius 3 is 2.67 bits per heavy atom. The van der Waals surface area contributed by atoms with Gasteiger partial charge in [-0.2, -0.15) is 4.39 Å². The SMILES string of the molecule is O=C(COc1ccc(F)nc1)Nc1c(F)cc(F)cc1Br. The highest BCUT2D eigenvalue weighted by atomic mass is 79.9. The molecule has 0 fully saturated rings. The number of nitrogens with one attached hydrogen (secondary N) is 1. The number of halogens is 4. The summed E-state index contributed by atoms with van der Waals surface area (Å²) in [5.41, 5.74) is -0.192. The van der Waals surface area contributed by atoms with Crippen molar-refractivity contribution in [1.82, 2.24) is 4.98 Å². The number of aromatic nitrogens is 1. The molecule has 4 nitrogen and oxygen atoms in total. The molecule has 110 valence electrons. The molecule has 21 heavy (non-hydrogen) atoms. The van der Waals surface area contributed by atoms with Crippen LogP contribution >= 0.6 is 15.9 Å². The lowest BCUT2D eigenvalue weighted by molar-refractivity contribution is -0.118. The molecule has 1 amide bonds. The van der Waals surface area contributed by atoms with E-state index in [0.29, 0.717) is 6.07 Å². The van der Waals surface area contributed by atoms with Crippen molar-refractivity contribution in [2.45, 2.75) is 0 Å². The van der Waals surface area contributed by atoms with Gasteiger partial charge in [-0.05, 0) is 34.1 Å². The summed E-state index contributed by atoms with van der Waals surface area (Å²) in [4.78, 5) is 15.0. The topological polar surface area (TPSA) is 51.2 Å². The van der Waals surface area contributed by atoms with Crippen LogP contribution in [0.5, 0.6) is 5.75 Å². The van der Waals surface area contributed by atoms with Crippen LogP contribution < -0.4 is 10.1 Å². The molecule has 2 aromatic rings. The minimum absolute atomic E-state index is 0.0665. The fraction of sp³-hybridized carbons (Fsp3) is 0.0769. The molecule has 0 aliphatic carbocycles. The number of anilines is 1. The van der Waals surface area contributed by atoms with Crippen molar-refractivity contribution < 1.29 is 22.7 Å². The number of pyridine rings is 1. The standard InChI is InChI=1S/C13H8BrF3N2O2/c14-9-3-7(15)4-10(16)13(9)19-12(20)6-21-8-1-2-11(17)18-5-8/h1-5H,6H2,(H,19,20). The molecule has 0 radical (unpaired) electrons. The van der Waals surface area contributed by atoms with Crippen LogP contribution in [0.2, 0.25) is 0 Å². The molecule has 0 saturated carbocycles. The van der Waals surface area contributed by atoms with E-state index in [2.05, 4.69) is 26.2 Å². The number of hydrogen-bond acceptors (Lipinski definition) is 3. The molecular formula is C13H8BrF3N2O2. The average Bonchev–Trinajstić information content (AvgIpc) is 2.42. The van der Waals surface area contributed by atoms with Crippen molar-refractivity contribution in [3.8, 4) is 5.75 Å². The molecular weight excluding hydrogens is 353 g/mol. The van der Waals surface area contributed by atoms with Gasteiger partial charge >= 0.3 is 0 Å². The first kappa shape index (κ1) is 15.3. The highest BCUT2D eigenvalue weighted by molar-refractivity contribution is 9.10. The summed E-state index contributed by atoms with van der Waals surface area (Å²) in [6, 6.07) is 4.03. The van der Waals surface area contributed by atoms with E-state index in [1.807, 2.05) is 0 Å². The molecule has 0 unspecified atom stereocenters. The van der Waals surface area contributed by atoms with Gasteiger partial charge in [0.1, 0.15) is 11.6 Å². The third-order valence-corrected chi connectivity index (χ3v) is 2.97. The zero-order valence-corrected chi connectivity index (χ0v) is 12.0. The van der Waals surface area contributed by atoms with Crippen LogP contribution in [0.4, 0.5) is 18.9 Å². The number of carbonyl (C=O) groups is 1. The fourth-order valence-electron chi connectivity index (χ4n) is 1.43. The zero-order valence-electron chi connectivity index (χ0n) is 10.4. The van der Waals surface area contributed by atoms with Crippen molar-refractivity contribution in [2.75, 3.05) is 11.9 Å². The van der Waals surface area contributed by atoms with Crippen LogP contribution in [0.15, 0.2) is 34.9 Å². The number of ether oxygens (including phenoxy) is 1. The molecule has 0 bridgehead atoms. The zero-order chi connectivity index (χ0) is 15.4. The first-order valence-corrected chi connectivity index (χ1v) is 6.44. The Kier molecular flexibility index (Phi) is 4.79. The maximum Gasteiger partial charge on any atom is 0.262 e. The van der Waals surface area contributed by atoms with E-state index in [0.717, 1.165) is 18.3 Å². The first-order chi connectivity index (χ1) is 9.95. The van der Waals surface area contributed by atoms with Crippen LogP contribution in [-0.4, -0.2) is 17.5 Å². The van der Waals surface area contributed by atoms with Crippen molar-refractivity contribution in [3.63, 3.8) is 0 Å². The summed E-state index contributed by atoms with van der Waals surface area (Å²) < 4.78 is 44.1. The van der Waals surface area contributed by atoms with Crippen molar-refractivity contribution in [1.29, 1.82) is 0 Å². The van der Waals surface area contributed by atoms with Gasteiger partial charge in [0.25, 0.3) is 5.91 Å². The predicted octanol–water partition coefficient (Wildman–Crippen LogP) is 3.28. The summed E-state index contributed by atoms with van der Waals surface area (Å²) in [7, 11) is 0. The lowest BCUT2D eigenvalue weighted by atomic mass is 10.3. The quantitative estimate of drug-likeness (QED) is 0.851. The minimum Gasteiger partial charge on any atom is -0.482 e. The van der Waals surface area contributed by atoms with E-state index in [9.17, 15) is 18.0 Å². The number of benzene rings is 1. The van der Waals surface area contributed by atoms with E-state index in [4.69, 9.17) is 4.74 Å². The van der Waals surface area contributed by atoms with Crippen LogP contribution in [0.25, 0.3) is 0 Å². The summed E-state index contributed by atoms with van der Waals surface area (Å²) in [5, 5.41) is 2.24. The van der Waals surface area contributed by atoms with Gasteiger partial charge in [-0.3, -0.25) is 4.79 Å². The molecule has 2 rings (SSSR count). The molecule has 8 heteroatoms. The van der Waals surface area contributed by atoms with E-state index < -0.39 is 30.1 Å². The highest BCUT2D eigenvalue weighted by Crippen LogP contribution is 2.26. The Morgan fingerprint density at radius 2 is 2.05 bits per heavy atom. The Labute approximate surface area is 126 Å². The molecule has 0 spiro atoms. The Balaban J connectivity index is 1.97. The van der Waals surface area contributed by atoms with Crippen molar-refractivity contribution in [2.24, 2.45) is 0 Å². The van der Waals surface area contributed by atoms with Crippen LogP contribution in [-0.2, 0) is 4.79 Å². The lowest BCUT2D eigenvalue weighted by Gasteiger charge is -2.09. The number of amides is 1. The van der Waals surface area contributed by atoms with E-state index in [1.54, 1.807) is 0 Å². The summed E-state index contributed by atoms with van der Waals surface area (Å²) in [6.07, 6.45) is 1.11. The number of hydrogen-bond donors (Lipinski definition) is 1. The van der Waals surface area contributed by atoms with Gasteiger partial charge in [-0.1, -0.05) is 0 Å². The fourth-order valence-corrected chi connectivity index (χ4v) is 1.94. The number of rotatable bonds is 4. The molecule has 0 atom stereocenters. The molecule has 0 aliphatic heterocycles. The van der Waals surface area contributed by atoms with Crippen LogP contribution in [0.3, 0.4) is 0 Å². The minimum atomic E-state index is -0.918. The Morgan fingerprint density at radius 1 is 1.29 bits per heavy atom. The van der Waals surface area contributed by atoms with E-state index in [1.165, 1.54) is 6.07 Å². The second-order valence-electron chi connectivity index (χ2n) is 3.90. The summed E-state index contributed by atoms with van der Waals surface area (Å²) in [6.45, 7) is -0.434. The van der Waals surface area contributed by atoms with Gasteiger partial charge in [-0.15, -0.1) is 0 Å². The third kappa shape index (κ3) is 4.19. The maximum absolute atomic E-state index is 13.5. The average molecular weight is 361 g/mol. The van der Waals surface area contributed by atoms with E-state index in [-0.39, 0.29) is 15.9 Å². The molecule has 1 aromatic carbocycles. The van der Waals surface area contributed by atoms with Gasteiger partial charge in [-0.25, -0.2) is 13.8 Å². The van der Waals surface area contributed by atoms with Gasteiger partial charge in [0.05, 0.1) is 11.9 Å². The molecule has 0 aliphatic rings. The lowest BCUT2D eigenvalue weighted by Crippen LogP contribution is -2.21. The largest absolute Gasteiger partial charge is 0.482 e. The van der Waals surface area contributed by atoms with Gasteiger partial charge in [0, 0.05) is 10.5 Å². The summed E-state index contributed by atoms with van der Waals surface area (Å²) in [5.74, 6) is -2.84. The van der Waals surface area contributed by atoms with Crippen molar-refractivity contribution in [3.05, 3.63) is 52.5 Å². The first-order valence-electron chi connectivity index (χ1n) is 5.64. The van der Waals surface area contributed by atoms with Crippen LogP contribution in [0, 0.1) is 17.6 Å². The summed E-state index contributed by atoms with van der Waals surface area (Å²) >= 11 is 2.94. The monoisotopic (exact) mass is 360 g/mol. The second-order valence-corrected chi connectivity index (χ2v) is 4.75. The molecule has 1 aromatic heterocycles. The highest BCUT2D eigenvalue weighted by Gasteiger charge is 2.13.